The Morgan fingerprint density at radius 1 is 0.527 bits per heavy atom. The molecule has 0 aliphatic carbocycles. The van der Waals surface area contributed by atoms with Crippen LogP contribution in [0, 0.1) is 23.7 Å². The minimum atomic E-state index is -0.907. The molecule has 0 heterocycles. The fraction of sp³-hybridized carbons (Fsp3) is 0.318. The van der Waals surface area contributed by atoms with Gasteiger partial charge in [-0.05, 0) is 74.2 Å². The summed E-state index contributed by atoms with van der Waals surface area (Å²) < 4.78 is 15.6. The maximum Gasteiger partial charge on any atom is 0.314 e. The van der Waals surface area contributed by atoms with Gasteiger partial charge in [-0.15, -0.1) is 0 Å². The number of carbonyl (C=O) groups is 6. The first-order valence-electron chi connectivity index (χ1n) is 18.2. The highest BCUT2D eigenvalue weighted by molar-refractivity contribution is 6.09. The van der Waals surface area contributed by atoms with Crippen LogP contribution in [0.4, 0.5) is 0 Å². The van der Waals surface area contributed by atoms with Crippen LogP contribution in [0.25, 0.3) is 0 Å². The van der Waals surface area contributed by atoms with Gasteiger partial charge in [-0.1, -0.05) is 88.4 Å². The third-order valence-corrected chi connectivity index (χ3v) is 8.83. The van der Waals surface area contributed by atoms with Gasteiger partial charge in [-0.3, -0.25) is 28.8 Å². The van der Waals surface area contributed by atoms with E-state index in [0.717, 1.165) is 0 Å². The molecular weight excluding hydrogens is 704 g/mol. The Labute approximate surface area is 321 Å². The Morgan fingerprint density at radius 3 is 1.24 bits per heavy atom. The molecule has 11 heteroatoms. The summed E-state index contributed by atoms with van der Waals surface area (Å²) in [4.78, 5) is 72.3. The van der Waals surface area contributed by atoms with Crippen LogP contribution in [-0.4, -0.2) is 58.9 Å². The number of esters is 3. The number of carboxylic acids is 1. The summed E-state index contributed by atoms with van der Waals surface area (Å²) in [7, 11) is 0. The maximum absolute atomic E-state index is 12.4. The van der Waals surface area contributed by atoms with Gasteiger partial charge in [-0.25, -0.2) is 0 Å². The zero-order valence-electron chi connectivity index (χ0n) is 31.5. The molecule has 55 heavy (non-hydrogen) atoms. The molecule has 4 atom stereocenters. The molecular formula is C44H48O11. The minimum Gasteiger partial charge on any atom is -0.481 e. The molecule has 290 valence electrons. The first kappa shape index (κ1) is 43.5. The molecule has 4 unspecified atom stereocenters. The van der Waals surface area contributed by atoms with Gasteiger partial charge >= 0.3 is 23.9 Å². The monoisotopic (exact) mass is 752 g/mol. The van der Waals surface area contributed by atoms with Gasteiger partial charge in [0.1, 0.15) is 18.1 Å². The summed E-state index contributed by atoms with van der Waals surface area (Å²) in [6.45, 7) is 6.67. The normalized spacial score (nSPS) is 12.7. The molecule has 0 saturated heterocycles. The van der Waals surface area contributed by atoms with Crippen LogP contribution < -0.4 is 9.47 Å². The van der Waals surface area contributed by atoms with Gasteiger partial charge < -0.3 is 24.4 Å². The van der Waals surface area contributed by atoms with E-state index in [0.29, 0.717) is 53.0 Å². The SMILES string of the molecule is CCC(CC(C)C(=O)Oc1ccc(C(=O)c2ccccc2)cc1)C(=O)O.CCC(CC(C)C(=O)Oc1ccc(C(=O)c2ccccc2)cc1)C(=O)OCCO. The molecule has 0 bridgehead atoms. The van der Waals surface area contributed by atoms with Crippen LogP contribution in [0.5, 0.6) is 11.5 Å². The standard InChI is InChI=1S/C23H26O6.C21H22O5/c1-3-17(23(27)28-14-13-24)15-16(2)22(26)29-20-11-9-19(10-12-20)21(25)18-7-5-4-6-8-18;1-3-15(20(23)24)13-14(2)21(25)26-18-11-9-17(10-12-18)19(22)16-7-5-4-6-8-16/h4-12,16-17,24H,3,13-15H2,1-2H3;4-12,14-15H,3,13H2,1-2H3,(H,23,24). The number of aliphatic hydroxyl groups is 1. The van der Waals surface area contributed by atoms with Crippen LogP contribution in [0.15, 0.2) is 109 Å². The molecule has 0 aliphatic rings. The third kappa shape index (κ3) is 13.8. The fourth-order valence-electron chi connectivity index (χ4n) is 5.48. The van der Waals surface area contributed by atoms with E-state index in [-0.39, 0.29) is 31.2 Å². The highest BCUT2D eigenvalue weighted by atomic mass is 16.5. The number of aliphatic carboxylic acids is 1. The maximum atomic E-state index is 12.4. The topological polar surface area (TPSA) is 171 Å². The van der Waals surface area contributed by atoms with Gasteiger partial charge in [0, 0.05) is 22.3 Å². The van der Waals surface area contributed by atoms with E-state index in [4.69, 9.17) is 24.4 Å². The molecule has 4 aromatic carbocycles. The summed E-state index contributed by atoms with van der Waals surface area (Å²) in [6, 6.07) is 30.6. The summed E-state index contributed by atoms with van der Waals surface area (Å²) in [6.07, 6.45) is 1.51. The van der Waals surface area contributed by atoms with E-state index in [2.05, 4.69) is 0 Å². The number of rotatable bonds is 18. The van der Waals surface area contributed by atoms with Crippen LogP contribution in [0.2, 0.25) is 0 Å². The van der Waals surface area contributed by atoms with Crippen molar-refractivity contribution in [3.05, 3.63) is 131 Å². The predicted molar refractivity (Wildman–Crippen MR) is 205 cm³/mol. The Kier molecular flexibility index (Phi) is 17.6. The summed E-state index contributed by atoms with van der Waals surface area (Å²) >= 11 is 0. The van der Waals surface area contributed by atoms with Crippen molar-refractivity contribution in [2.75, 3.05) is 13.2 Å². The molecule has 4 rings (SSSR count). The lowest BCUT2D eigenvalue weighted by Crippen LogP contribution is -2.26. The molecule has 11 nitrogen and oxygen atoms in total. The molecule has 2 N–H and O–H groups in total. The molecule has 0 aromatic heterocycles. The molecule has 0 saturated carbocycles. The Bertz CT molecular complexity index is 1850. The molecule has 0 radical (unpaired) electrons. The van der Waals surface area contributed by atoms with Crippen LogP contribution in [0.3, 0.4) is 0 Å². The zero-order valence-corrected chi connectivity index (χ0v) is 31.5. The number of ketones is 2. The van der Waals surface area contributed by atoms with Crippen molar-refractivity contribution in [2.45, 2.75) is 53.4 Å². The van der Waals surface area contributed by atoms with Crippen LogP contribution in [0.1, 0.15) is 85.2 Å². The Balaban J connectivity index is 0.000000297. The highest BCUT2D eigenvalue weighted by Crippen LogP contribution is 2.23. The van der Waals surface area contributed by atoms with Crippen molar-refractivity contribution in [1.82, 2.24) is 0 Å². The summed E-state index contributed by atoms with van der Waals surface area (Å²) in [5.74, 6) is -3.86. The highest BCUT2D eigenvalue weighted by Gasteiger charge is 2.26. The van der Waals surface area contributed by atoms with E-state index >= 15 is 0 Å². The lowest BCUT2D eigenvalue weighted by atomic mass is 9.94. The first-order chi connectivity index (χ1) is 26.4. The van der Waals surface area contributed by atoms with E-state index in [1.165, 1.54) is 0 Å². The van der Waals surface area contributed by atoms with Gasteiger partial charge in [-0.2, -0.15) is 0 Å². The number of hydrogen-bond donors (Lipinski definition) is 2. The number of aliphatic hydroxyl groups excluding tert-OH is 1. The second-order valence-corrected chi connectivity index (χ2v) is 13.0. The number of hydrogen-bond acceptors (Lipinski definition) is 10. The van der Waals surface area contributed by atoms with Crippen molar-refractivity contribution in [2.24, 2.45) is 23.7 Å². The molecule has 0 fully saturated rings. The van der Waals surface area contributed by atoms with Gasteiger partial charge in [0.05, 0.1) is 30.3 Å². The smallest absolute Gasteiger partial charge is 0.314 e. The second kappa shape index (κ2) is 22.3. The number of benzene rings is 4. The number of ether oxygens (including phenoxy) is 3. The van der Waals surface area contributed by atoms with Gasteiger partial charge in [0.25, 0.3) is 0 Å². The molecule has 0 spiro atoms. The lowest BCUT2D eigenvalue weighted by Gasteiger charge is -2.17. The lowest BCUT2D eigenvalue weighted by molar-refractivity contribution is -0.151. The van der Waals surface area contributed by atoms with E-state index in [1.54, 1.807) is 118 Å². The largest absolute Gasteiger partial charge is 0.481 e. The number of carboxylic acid groups (broad SMARTS) is 1. The summed E-state index contributed by atoms with van der Waals surface area (Å²) in [5, 5.41) is 17.8. The quantitative estimate of drug-likeness (QED) is 0.0591. The second-order valence-electron chi connectivity index (χ2n) is 13.0. The van der Waals surface area contributed by atoms with Crippen molar-refractivity contribution >= 4 is 35.4 Å². The van der Waals surface area contributed by atoms with Crippen LogP contribution in [-0.2, 0) is 23.9 Å². The zero-order chi connectivity index (χ0) is 40.3. The molecule has 0 aliphatic heterocycles. The predicted octanol–water partition coefficient (Wildman–Crippen LogP) is 7.37. The van der Waals surface area contributed by atoms with Crippen molar-refractivity contribution in [3.8, 4) is 11.5 Å². The average Bonchev–Trinajstić information content (AvgIpc) is 3.21. The van der Waals surface area contributed by atoms with E-state index < -0.39 is 47.5 Å². The third-order valence-electron chi connectivity index (χ3n) is 8.83. The van der Waals surface area contributed by atoms with Gasteiger partial charge in [0.2, 0.25) is 0 Å². The van der Waals surface area contributed by atoms with Crippen molar-refractivity contribution in [1.29, 1.82) is 0 Å². The molecule has 4 aromatic rings. The summed E-state index contributed by atoms with van der Waals surface area (Å²) in [5.41, 5.74) is 2.18. The first-order valence-corrected chi connectivity index (χ1v) is 18.2. The van der Waals surface area contributed by atoms with E-state index in [1.807, 2.05) is 19.1 Å². The minimum absolute atomic E-state index is 0.0534. The number of carbonyl (C=O) groups excluding carboxylic acids is 5. The van der Waals surface area contributed by atoms with Crippen molar-refractivity contribution in [3.63, 3.8) is 0 Å². The molecule has 0 amide bonds. The van der Waals surface area contributed by atoms with E-state index in [9.17, 15) is 28.8 Å². The van der Waals surface area contributed by atoms with Crippen LogP contribution >= 0.6 is 0 Å². The van der Waals surface area contributed by atoms with Gasteiger partial charge in [0.15, 0.2) is 11.6 Å². The Morgan fingerprint density at radius 2 is 0.891 bits per heavy atom. The fourth-order valence-corrected chi connectivity index (χ4v) is 5.48. The average molecular weight is 753 g/mol. The van der Waals surface area contributed by atoms with Crippen molar-refractivity contribution < 1.29 is 53.2 Å². The Hall–Kier alpha value is -5.94.